The van der Waals surface area contributed by atoms with Crippen molar-refractivity contribution in [1.29, 1.82) is 0 Å². The van der Waals surface area contributed by atoms with E-state index in [1.807, 2.05) is 53.1 Å². The van der Waals surface area contributed by atoms with E-state index in [1.165, 1.54) is 6.07 Å². The average Bonchev–Trinajstić information content (AvgIpc) is 3.17. The Labute approximate surface area is 209 Å². The van der Waals surface area contributed by atoms with E-state index < -0.39 is 23.0 Å². The maximum Gasteiger partial charge on any atom is 0.309 e. The number of carbonyl (C=O) groups is 1. The lowest BCUT2D eigenvalue weighted by atomic mass is 9.60. The van der Waals surface area contributed by atoms with Crippen LogP contribution < -0.4 is 4.74 Å². The van der Waals surface area contributed by atoms with Gasteiger partial charge in [-0.3, -0.25) is 4.79 Å². The zero-order chi connectivity index (χ0) is 25.6. The van der Waals surface area contributed by atoms with Gasteiger partial charge in [-0.05, 0) is 73.1 Å². The highest BCUT2D eigenvalue weighted by molar-refractivity contribution is 5.90. The molecule has 1 saturated carbocycles. The number of nitrogens with zero attached hydrogens (tertiary/aromatic N) is 1. The lowest BCUT2D eigenvalue weighted by Crippen LogP contribution is -2.40. The second-order valence-electron chi connectivity index (χ2n) is 10.3. The molecule has 0 unspecified atom stereocenters. The van der Waals surface area contributed by atoms with E-state index >= 15 is 0 Å². The van der Waals surface area contributed by atoms with Gasteiger partial charge in [0.1, 0.15) is 12.4 Å². The molecular weight excluding hydrogens is 460 g/mol. The summed E-state index contributed by atoms with van der Waals surface area (Å²) >= 11 is 0. The van der Waals surface area contributed by atoms with Gasteiger partial charge in [0.2, 0.25) is 0 Å². The van der Waals surface area contributed by atoms with Crippen LogP contribution in [0.1, 0.15) is 62.3 Å². The second kappa shape index (κ2) is 9.08. The van der Waals surface area contributed by atoms with Gasteiger partial charge in [0.25, 0.3) is 0 Å². The molecule has 1 aliphatic carbocycles. The third kappa shape index (κ3) is 4.15. The first-order valence-electron chi connectivity index (χ1n) is 12.2. The van der Waals surface area contributed by atoms with Crippen LogP contribution in [0.15, 0.2) is 66.7 Å². The molecule has 1 N–H and O–H groups in total. The number of halogens is 2. The Bertz CT molecular complexity index is 1440. The highest BCUT2D eigenvalue weighted by Gasteiger charge is 2.48. The van der Waals surface area contributed by atoms with Crippen molar-refractivity contribution in [2.24, 2.45) is 5.41 Å². The van der Waals surface area contributed by atoms with Crippen LogP contribution in [0.4, 0.5) is 8.78 Å². The van der Waals surface area contributed by atoms with E-state index in [2.05, 4.69) is 13.8 Å². The number of carboxylic acids is 1. The number of hydrogen-bond donors (Lipinski definition) is 1. The third-order valence-corrected chi connectivity index (χ3v) is 7.29. The predicted molar refractivity (Wildman–Crippen MR) is 136 cm³/mol. The van der Waals surface area contributed by atoms with Crippen LogP contribution >= 0.6 is 0 Å². The van der Waals surface area contributed by atoms with Crippen molar-refractivity contribution in [3.05, 3.63) is 95.2 Å². The van der Waals surface area contributed by atoms with Crippen molar-refractivity contribution in [3.63, 3.8) is 0 Å². The van der Waals surface area contributed by atoms with Gasteiger partial charge in [0.15, 0.2) is 11.6 Å². The molecule has 5 rings (SSSR count). The van der Waals surface area contributed by atoms with Crippen LogP contribution in [0.2, 0.25) is 0 Å². The number of aromatic nitrogens is 1. The van der Waals surface area contributed by atoms with Crippen LogP contribution in [0.5, 0.6) is 5.75 Å². The van der Waals surface area contributed by atoms with Gasteiger partial charge in [-0.2, -0.15) is 0 Å². The number of fused-ring (bicyclic) bond motifs is 1. The molecule has 0 aliphatic heterocycles. The Hall–Kier alpha value is -3.67. The molecule has 4 aromatic rings. The van der Waals surface area contributed by atoms with Crippen LogP contribution in [-0.4, -0.2) is 15.6 Å². The number of ether oxygens (including phenoxy) is 1. The average molecular weight is 490 g/mol. The molecule has 0 spiro atoms. The Balaban J connectivity index is 1.65. The first-order valence-corrected chi connectivity index (χ1v) is 12.2. The summed E-state index contributed by atoms with van der Waals surface area (Å²) in [6.45, 7) is 6.33. The van der Waals surface area contributed by atoms with E-state index in [0.717, 1.165) is 33.8 Å². The molecule has 1 aliphatic rings. The van der Waals surface area contributed by atoms with Crippen molar-refractivity contribution < 1.29 is 23.4 Å². The van der Waals surface area contributed by atoms with E-state index in [-0.39, 0.29) is 11.8 Å². The monoisotopic (exact) mass is 489 g/mol. The highest BCUT2D eigenvalue weighted by atomic mass is 19.2. The minimum Gasteiger partial charge on any atom is -0.489 e. The first-order chi connectivity index (χ1) is 17.2. The Morgan fingerprint density at radius 3 is 2.42 bits per heavy atom. The Morgan fingerprint density at radius 1 is 1.06 bits per heavy atom. The molecule has 0 radical (unpaired) electrons. The summed E-state index contributed by atoms with van der Waals surface area (Å²) in [6, 6.07) is 19.7. The smallest absolute Gasteiger partial charge is 0.309 e. The molecule has 1 aromatic heterocycles. The largest absolute Gasteiger partial charge is 0.489 e. The Morgan fingerprint density at radius 2 is 1.78 bits per heavy atom. The highest BCUT2D eigenvalue weighted by Crippen LogP contribution is 2.55. The summed E-state index contributed by atoms with van der Waals surface area (Å²) in [5, 5.41) is 10.7. The molecule has 0 amide bonds. The molecule has 1 fully saturated rings. The predicted octanol–water partition coefficient (Wildman–Crippen LogP) is 7.58. The topological polar surface area (TPSA) is 51.5 Å². The summed E-state index contributed by atoms with van der Waals surface area (Å²) in [6.07, 6.45) is 1.04. The van der Waals surface area contributed by atoms with Gasteiger partial charge in [-0.25, -0.2) is 8.78 Å². The van der Waals surface area contributed by atoms with Crippen molar-refractivity contribution in [1.82, 2.24) is 4.57 Å². The van der Waals surface area contributed by atoms with E-state index in [4.69, 9.17) is 4.74 Å². The number of benzene rings is 3. The van der Waals surface area contributed by atoms with Gasteiger partial charge in [0, 0.05) is 22.8 Å². The van der Waals surface area contributed by atoms with Crippen molar-refractivity contribution in [2.75, 3.05) is 0 Å². The molecule has 4 nitrogen and oxygen atoms in total. The van der Waals surface area contributed by atoms with Gasteiger partial charge >= 0.3 is 5.97 Å². The van der Waals surface area contributed by atoms with Crippen LogP contribution in [0.3, 0.4) is 0 Å². The molecule has 1 heterocycles. The molecule has 0 bridgehead atoms. The van der Waals surface area contributed by atoms with E-state index in [9.17, 15) is 18.7 Å². The number of rotatable bonds is 7. The Kier molecular flexibility index (Phi) is 6.07. The number of aliphatic carboxylic acids is 1. The van der Waals surface area contributed by atoms with Crippen molar-refractivity contribution >= 4 is 16.9 Å². The summed E-state index contributed by atoms with van der Waals surface area (Å²) in [5.74, 6) is -1.79. The van der Waals surface area contributed by atoms with Crippen LogP contribution in [0.25, 0.3) is 16.6 Å². The molecule has 3 aromatic carbocycles. The normalized spacial score (nSPS) is 19.4. The molecule has 186 valence electrons. The van der Waals surface area contributed by atoms with E-state index in [1.54, 1.807) is 13.0 Å². The molecule has 36 heavy (non-hydrogen) atoms. The SMILES string of the molecule is CC(C)c1c(C2CC(C)(C(=O)O)C2)c2cc(OCc3ccccc3)ccc2n1-c1ccc(F)c(F)c1. The molecule has 0 saturated heterocycles. The first kappa shape index (κ1) is 24.0. The fraction of sp³-hybridized carbons (Fsp3) is 0.300. The summed E-state index contributed by atoms with van der Waals surface area (Å²) in [5.41, 5.74) is 3.72. The quantitative estimate of drug-likeness (QED) is 0.291. The van der Waals surface area contributed by atoms with Crippen LogP contribution in [-0.2, 0) is 11.4 Å². The van der Waals surface area contributed by atoms with Crippen LogP contribution in [0, 0.1) is 17.0 Å². The maximum absolute atomic E-state index is 14.3. The molecule has 6 heteroatoms. The van der Waals surface area contributed by atoms with Crippen molar-refractivity contribution in [2.45, 2.75) is 52.1 Å². The zero-order valence-corrected chi connectivity index (χ0v) is 20.6. The summed E-state index contributed by atoms with van der Waals surface area (Å²) in [4.78, 5) is 11.8. The fourth-order valence-electron chi connectivity index (χ4n) is 5.45. The third-order valence-electron chi connectivity index (χ3n) is 7.29. The number of hydrogen-bond acceptors (Lipinski definition) is 2. The van der Waals surface area contributed by atoms with Gasteiger partial charge < -0.3 is 14.4 Å². The summed E-state index contributed by atoms with van der Waals surface area (Å²) < 4.78 is 36.1. The molecule has 0 atom stereocenters. The zero-order valence-electron chi connectivity index (χ0n) is 20.6. The van der Waals surface area contributed by atoms with Gasteiger partial charge in [-0.1, -0.05) is 44.2 Å². The van der Waals surface area contributed by atoms with Gasteiger partial charge in [0.05, 0.1) is 10.9 Å². The lowest BCUT2D eigenvalue weighted by Gasteiger charge is -2.42. The molecular formula is C30H29F2NO3. The second-order valence-corrected chi connectivity index (χ2v) is 10.3. The van der Waals surface area contributed by atoms with E-state index in [0.29, 0.717) is 30.9 Å². The standard InChI is InChI=1S/C30H29F2NO3/c1-18(2)28-27(20-15-30(3,16-20)29(34)35)23-14-22(36-17-19-7-5-4-6-8-19)10-12-26(23)33(28)21-9-11-24(31)25(32)13-21/h4-14,18,20H,15-17H2,1-3H3,(H,34,35). The summed E-state index contributed by atoms with van der Waals surface area (Å²) in [7, 11) is 0. The van der Waals surface area contributed by atoms with Gasteiger partial charge in [-0.15, -0.1) is 0 Å². The van der Waals surface area contributed by atoms with Crippen molar-refractivity contribution in [3.8, 4) is 11.4 Å². The lowest BCUT2D eigenvalue weighted by molar-refractivity contribution is -0.154. The minimum atomic E-state index is -0.907. The fourth-order valence-corrected chi connectivity index (χ4v) is 5.45. The number of carboxylic acid groups (broad SMARTS) is 1. The maximum atomic E-state index is 14.3. The minimum absolute atomic E-state index is 0.0434.